The number of hydrogen-bond donors (Lipinski definition) is 2. The molecule has 7 heteroatoms. The van der Waals surface area contributed by atoms with E-state index in [1.165, 1.54) is 6.07 Å². The van der Waals surface area contributed by atoms with Gasteiger partial charge in [0.05, 0.1) is 5.56 Å². The van der Waals surface area contributed by atoms with Crippen LogP contribution in [0.4, 0.5) is 8.78 Å². The highest BCUT2D eigenvalue weighted by Crippen LogP contribution is 2.17. The Morgan fingerprint density at radius 1 is 1.24 bits per heavy atom. The zero-order chi connectivity index (χ0) is 15.0. The minimum atomic E-state index is -0.855. The van der Waals surface area contributed by atoms with Crippen LogP contribution in [0.25, 0.3) is 0 Å². The van der Waals surface area contributed by atoms with Crippen LogP contribution in [0.1, 0.15) is 16.8 Å². The molecule has 1 aromatic heterocycles. The summed E-state index contributed by atoms with van der Waals surface area (Å²) >= 11 is 4.94. The third kappa shape index (κ3) is 2.93. The van der Waals surface area contributed by atoms with E-state index in [1.807, 2.05) is 4.90 Å². The molecule has 2 N–H and O–H groups in total. The second-order valence-corrected chi connectivity index (χ2v) is 5.48. The first-order chi connectivity index (χ1) is 10.0. The van der Waals surface area contributed by atoms with Gasteiger partial charge in [0.15, 0.2) is 16.4 Å². The Hall–Kier alpha value is -1.86. The average molecular weight is 309 g/mol. The fraction of sp³-hybridized carbons (Fsp3) is 0.286. The van der Waals surface area contributed by atoms with Crippen LogP contribution in [0.3, 0.4) is 0 Å². The van der Waals surface area contributed by atoms with Crippen LogP contribution in [0, 0.1) is 16.4 Å². The Balaban J connectivity index is 1.81. The predicted molar refractivity (Wildman–Crippen MR) is 76.4 cm³/mol. The largest absolute Gasteiger partial charge is 0.335 e. The zero-order valence-electron chi connectivity index (χ0n) is 11.1. The van der Waals surface area contributed by atoms with Crippen molar-refractivity contribution in [1.29, 1.82) is 0 Å². The Bertz CT molecular complexity index is 800. The summed E-state index contributed by atoms with van der Waals surface area (Å²) in [6, 6.07) is 3.86. The Morgan fingerprint density at radius 2 is 2.05 bits per heavy atom. The number of H-pyrrole nitrogens is 2. The smallest absolute Gasteiger partial charge is 0.256 e. The van der Waals surface area contributed by atoms with Crippen LogP contribution < -0.4 is 5.56 Å². The molecular formula is C14H13F2N3OS. The maximum Gasteiger partial charge on any atom is 0.256 e. The molecule has 1 aliphatic rings. The van der Waals surface area contributed by atoms with Gasteiger partial charge in [-0.2, -0.15) is 0 Å². The van der Waals surface area contributed by atoms with E-state index in [0.29, 0.717) is 35.4 Å². The van der Waals surface area contributed by atoms with E-state index < -0.39 is 11.6 Å². The maximum atomic E-state index is 13.2. The molecule has 4 nitrogen and oxygen atoms in total. The molecule has 0 spiro atoms. The van der Waals surface area contributed by atoms with Crippen molar-refractivity contribution in [2.24, 2.45) is 0 Å². The van der Waals surface area contributed by atoms with Gasteiger partial charge in [0, 0.05) is 31.7 Å². The Kier molecular flexibility index (Phi) is 3.69. The number of aromatic amines is 2. The molecule has 110 valence electrons. The SMILES string of the molecule is O=c1[nH]c(=S)[nH]c2c1CN(Cc1ccc(F)c(F)c1)CC2. The van der Waals surface area contributed by atoms with E-state index in [-0.39, 0.29) is 5.56 Å². The van der Waals surface area contributed by atoms with Gasteiger partial charge in [-0.25, -0.2) is 8.78 Å². The van der Waals surface area contributed by atoms with Crippen LogP contribution in [0.5, 0.6) is 0 Å². The number of benzene rings is 1. The number of fused-ring (bicyclic) bond motifs is 1. The molecule has 0 saturated heterocycles. The van der Waals surface area contributed by atoms with E-state index in [1.54, 1.807) is 6.07 Å². The quantitative estimate of drug-likeness (QED) is 0.837. The van der Waals surface area contributed by atoms with Crippen molar-refractivity contribution in [1.82, 2.24) is 14.9 Å². The molecule has 2 heterocycles. The second-order valence-electron chi connectivity index (χ2n) is 5.07. The molecule has 0 unspecified atom stereocenters. The summed E-state index contributed by atoms with van der Waals surface area (Å²) in [6.07, 6.45) is 0.673. The molecule has 0 radical (unpaired) electrons. The van der Waals surface area contributed by atoms with Gasteiger partial charge in [0.1, 0.15) is 0 Å². The van der Waals surface area contributed by atoms with Crippen molar-refractivity contribution >= 4 is 12.2 Å². The molecule has 0 atom stereocenters. The third-order valence-electron chi connectivity index (χ3n) is 3.58. The molecule has 1 aromatic carbocycles. The number of rotatable bonds is 2. The van der Waals surface area contributed by atoms with Gasteiger partial charge in [-0.1, -0.05) is 6.07 Å². The number of nitrogens with one attached hydrogen (secondary N) is 2. The average Bonchev–Trinajstić information content (AvgIpc) is 2.43. The number of aromatic nitrogens is 2. The molecule has 2 aromatic rings. The van der Waals surface area contributed by atoms with Gasteiger partial charge in [-0.3, -0.25) is 14.7 Å². The molecule has 0 fully saturated rings. The summed E-state index contributed by atoms with van der Waals surface area (Å²) in [5.41, 5.74) is 1.99. The maximum absolute atomic E-state index is 13.2. The van der Waals surface area contributed by atoms with Crippen LogP contribution in [0.2, 0.25) is 0 Å². The van der Waals surface area contributed by atoms with E-state index >= 15 is 0 Å². The number of nitrogens with zero attached hydrogens (tertiary/aromatic N) is 1. The molecular weight excluding hydrogens is 296 g/mol. The standard InChI is InChI=1S/C14H13F2N3OS/c15-10-2-1-8(5-11(10)16)6-19-4-3-12-9(7-19)13(20)18-14(21)17-12/h1-2,5H,3-4,6-7H2,(H2,17,18,20,21). The van der Waals surface area contributed by atoms with Crippen LogP contribution in [-0.4, -0.2) is 21.4 Å². The molecule has 0 saturated carbocycles. The summed E-state index contributed by atoms with van der Waals surface area (Å²) in [5.74, 6) is -1.71. The van der Waals surface area contributed by atoms with E-state index in [2.05, 4.69) is 9.97 Å². The number of hydrogen-bond acceptors (Lipinski definition) is 3. The van der Waals surface area contributed by atoms with Gasteiger partial charge in [0.25, 0.3) is 5.56 Å². The molecule has 1 aliphatic heterocycles. The summed E-state index contributed by atoms with van der Waals surface area (Å²) in [7, 11) is 0. The topological polar surface area (TPSA) is 51.9 Å². The van der Waals surface area contributed by atoms with E-state index in [9.17, 15) is 13.6 Å². The zero-order valence-corrected chi connectivity index (χ0v) is 11.9. The van der Waals surface area contributed by atoms with Gasteiger partial charge in [0.2, 0.25) is 0 Å². The van der Waals surface area contributed by atoms with Crippen LogP contribution >= 0.6 is 12.2 Å². The van der Waals surface area contributed by atoms with Crippen molar-refractivity contribution in [3.05, 3.63) is 61.8 Å². The van der Waals surface area contributed by atoms with Gasteiger partial charge in [-0.05, 0) is 29.9 Å². The van der Waals surface area contributed by atoms with Crippen molar-refractivity contribution < 1.29 is 8.78 Å². The molecule has 0 amide bonds. The van der Waals surface area contributed by atoms with Crippen molar-refractivity contribution in [2.45, 2.75) is 19.5 Å². The lowest BCUT2D eigenvalue weighted by atomic mass is 10.1. The summed E-state index contributed by atoms with van der Waals surface area (Å²) in [6.45, 7) is 1.64. The highest BCUT2D eigenvalue weighted by atomic mass is 32.1. The normalized spacial score (nSPS) is 15.0. The highest BCUT2D eigenvalue weighted by molar-refractivity contribution is 7.71. The molecule has 21 heavy (non-hydrogen) atoms. The van der Waals surface area contributed by atoms with Crippen LogP contribution in [-0.2, 0) is 19.5 Å². The number of halogens is 2. The monoisotopic (exact) mass is 309 g/mol. The lowest BCUT2D eigenvalue weighted by Crippen LogP contribution is -2.35. The summed E-state index contributed by atoms with van der Waals surface area (Å²) in [5, 5.41) is 0. The second kappa shape index (κ2) is 5.50. The lowest BCUT2D eigenvalue weighted by Gasteiger charge is -2.27. The van der Waals surface area contributed by atoms with Crippen molar-refractivity contribution in [3.63, 3.8) is 0 Å². The Morgan fingerprint density at radius 3 is 2.81 bits per heavy atom. The fourth-order valence-electron chi connectivity index (χ4n) is 2.54. The summed E-state index contributed by atoms with van der Waals surface area (Å²) in [4.78, 5) is 19.5. The summed E-state index contributed by atoms with van der Waals surface area (Å²) < 4.78 is 26.5. The van der Waals surface area contributed by atoms with Gasteiger partial charge < -0.3 is 4.98 Å². The fourth-order valence-corrected chi connectivity index (χ4v) is 2.76. The highest BCUT2D eigenvalue weighted by Gasteiger charge is 2.20. The Labute approximate surface area is 124 Å². The van der Waals surface area contributed by atoms with E-state index in [4.69, 9.17) is 12.2 Å². The third-order valence-corrected chi connectivity index (χ3v) is 3.78. The first kappa shape index (κ1) is 14.1. The van der Waals surface area contributed by atoms with Gasteiger partial charge >= 0.3 is 0 Å². The van der Waals surface area contributed by atoms with Crippen LogP contribution in [0.15, 0.2) is 23.0 Å². The molecule has 0 bridgehead atoms. The lowest BCUT2D eigenvalue weighted by molar-refractivity contribution is 0.241. The predicted octanol–water partition coefficient (Wildman–Crippen LogP) is 2.27. The van der Waals surface area contributed by atoms with E-state index in [0.717, 1.165) is 18.3 Å². The first-order valence-corrected chi connectivity index (χ1v) is 6.94. The van der Waals surface area contributed by atoms with Crippen molar-refractivity contribution in [3.8, 4) is 0 Å². The minimum Gasteiger partial charge on any atom is -0.335 e. The molecule has 3 rings (SSSR count). The van der Waals surface area contributed by atoms with Gasteiger partial charge in [-0.15, -0.1) is 0 Å². The minimum absolute atomic E-state index is 0.191. The molecule has 0 aliphatic carbocycles. The van der Waals surface area contributed by atoms with Crippen molar-refractivity contribution in [2.75, 3.05) is 6.54 Å². The first-order valence-electron chi connectivity index (χ1n) is 6.53.